The largest absolute Gasteiger partial charge is 0.384 e. The predicted octanol–water partition coefficient (Wildman–Crippen LogP) is 0.897. The summed E-state index contributed by atoms with van der Waals surface area (Å²) < 4.78 is 22.5. The molecule has 0 saturated carbocycles. The molecular formula is C12H19N3O2S. The number of rotatable bonds is 4. The van der Waals surface area contributed by atoms with E-state index in [0.717, 1.165) is 31.6 Å². The molecule has 5 nitrogen and oxygen atoms in total. The third-order valence-corrected chi connectivity index (χ3v) is 4.17. The van der Waals surface area contributed by atoms with Gasteiger partial charge in [0, 0.05) is 12.8 Å². The molecule has 6 heteroatoms. The first kappa shape index (κ1) is 13.3. The summed E-state index contributed by atoms with van der Waals surface area (Å²) in [6.45, 7) is 3.08. The average Bonchev–Trinajstić information content (AvgIpc) is 2.37. The van der Waals surface area contributed by atoms with Gasteiger partial charge < -0.3 is 10.6 Å². The predicted molar refractivity (Wildman–Crippen MR) is 71.4 cm³/mol. The van der Waals surface area contributed by atoms with Gasteiger partial charge in [-0.15, -0.1) is 0 Å². The Hall–Kier alpha value is -1.14. The Balaban J connectivity index is 1.90. The van der Waals surface area contributed by atoms with Gasteiger partial charge in [-0.05, 0) is 44.0 Å². The van der Waals surface area contributed by atoms with Crippen molar-refractivity contribution in [1.29, 1.82) is 0 Å². The smallest absolute Gasteiger partial charge is 0.192 e. The Kier molecular flexibility index (Phi) is 4.19. The number of nitrogens with zero attached hydrogens (tertiary/aromatic N) is 1. The highest BCUT2D eigenvalue weighted by molar-refractivity contribution is 7.90. The molecule has 0 unspecified atom stereocenters. The highest BCUT2D eigenvalue weighted by Crippen LogP contribution is 2.14. The lowest BCUT2D eigenvalue weighted by molar-refractivity contribution is 0.390. The maximum absolute atomic E-state index is 11.3. The maximum Gasteiger partial charge on any atom is 0.192 e. The molecule has 1 fully saturated rings. The molecule has 2 rings (SSSR count). The molecule has 0 radical (unpaired) electrons. The zero-order chi connectivity index (χ0) is 13.0. The van der Waals surface area contributed by atoms with Crippen LogP contribution in [-0.4, -0.2) is 39.3 Å². The monoisotopic (exact) mass is 269 g/mol. The first-order valence-corrected chi connectivity index (χ1v) is 8.05. The van der Waals surface area contributed by atoms with Crippen LogP contribution in [0, 0.1) is 5.92 Å². The van der Waals surface area contributed by atoms with Crippen LogP contribution in [0.4, 0.5) is 5.69 Å². The zero-order valence-electron chi connectivity index (χ0n) is 10.5. The van der Waals surface area contributed by atoms with Crippen molar-refractivity contribution in [3.63, 3.8) is 0 Å². The van der Waals surface area contributed by atoms with Crippen LogP contribution in [0.1, 0.15) is 12.8 Å². The summed E-state index contributed by atoms with van der Waals surface area (Å²) in [6, 6.07) is 3.31. The van der Waals surface area contributed by atoms with E-state index in [1.807, 2.05) is 0 Å². The van der Waals surface area contributed by atoms with Crippen molar-refractivity contribution in [2.24, 2.45) is 5.92 Å². The number of anilines is 1. The number of hydrogen-bond acceptors (Lipinski definition) is 5. The first-order chi connectivity index (χ1) is 8.55. The van der Waals surface area contributed by atoms with Crippen LogP contribution < -0.4 is 10.6 Å². The Morgan fingerprint density at radius 2 is 2.11 bits per heavy atom. The van der Waals surface area contributed by atoms with Gasteiger partial charge in [0.25, 0.3) is 0 Å². The fourth-order valence-corrected chi connectivity index (χ4v) is 2.61. The van der Waals surface area contributed by atoms with E-state index in [2.05, 4.69) is 15.6 Å². The zero-order valence-corrected chi connectivity index (χ0v) is 11.3. The second-order valence-electron chi connectivity index (χ2n) is 4.73. The Morgan fingerprint density at radius 3 is 2.67 bits per heavy atom. The highest BCUT2D eigenvalue weighted by Gasteiger charge is 2.13. The Bertz CT molecular complexity index is 479. The van der Waals surface area contributed by atoms with Crippen molar-refractivity contribution >= 4 is 15.5 Å². The lowest BCUT2D eigenvalue weighted by Crippen LogP contribution is -2.31. The number of piperidine rings is 1. The van der Waals surface area contributed by atoms with E-state index in [1.165, 1.54) is 12.8 Å². The van der Waals surface area contributed by atoms with Gasteiger partial charge in [-0.25, -0.2) is 13.4 Å². The summed E-state index contributed by atoms with van der Waals surface area (Å²) in [7, 11) is -3.20. The van der Waals surface area contributed by atoms with Crippen LogP contribution in [0.25, 0.3) is 0 Å². The standard InChI is InChI=1S/C12H19N3O2S/c1-18(16,17)12-3-2-11(9-15-12)14-8-10-4-6-13-7-5-10/h2-3,9-10,13-14H,4-8H2,1H3. The average molecular weight is 269 g/mol. The number of sulfone groups is 1. The van der Waals surface area contributed by atoms with Gasteiger partial charge in [0.1, 0.15) is 0 Å². The van der Waals surface area contributed by atoms with E-state index in [4.69, 9.17) is 0 Å². The second kappa shape index (κ2) is 5.67. The van der Waals surface area contributed by atoms with Crippen molar-refractivity contribution in [1.82, 2.24) is 10.3 Å². The lowest BCUT2D eigenvalue weighted by Gasteiger charge is -2.23. The third-order valence-electron chi connectivity index (χ3n) is 3.17. The van der Waals surface area contributed by atoms with E-state index >= 15 is 0 Å². The van der Waals surface area contributed by atoms with Gasteiger partial charge in [-0.3, -0.25) is 0 Å². The van der Waals surface area contributed by atoms with Gasteiger partial charge in [0.15, 0.2) is 14.9 Å². The minimum absolute atomic E-state index is 0.120. The van der Waals surface area contributed by atoms with Gasteiger partial charge in [0.2, 0.25) is 0 Å². The summed E-state index contributed by atoms with van der Waals surface area (Å²) in [5.74, 6) is 0.681. The molecule has 100 valence electrons. The van der Waals surface area contributed by atoms with Crippen LogP contribution in [-0.2, 0) is 9.84 Å². The minimum atomic E-state index is -3.20. The molecule has 1 aromatic heterocycles. The van der Waals surface area contributed by atoms with Crippen molar-refractivity contribution in [2.75, 3.05) is 31.2 Å². The minimum Gasteiger partial charge on any atom is -0.384 e. The summed E-state index contributed by atoms with van der Waals surface area (Å²) in [5.41, 5.74) is 0.876. The normalized spacial score (nSPS) is 17.6. The molecule has 1 aliphatic rings. The molecule has 0 aliphatic carbocycles. The van der Waals surface area contributed by atoms with E-state index in [0.29, 0.717) is 5.92 Å². The van der Waals surface area contributed by atoms with Crippen LogP contribution in [0.15, 0.2) is 23.4 Å². The van der Waals surface area contributed by atoms with Gasteiger partial charge in [-0.2, -0.15) is 0 Å². The Morgan fingerprint density at radius 1 is 1.39 bits per heavy atom. The van der Waals surface area contributed by atoms with Crippen LogP contribution in [0.3, 0.4) is 0 Å². The molecule has 0 spiro atoms. The number of hydrogen-bond donors (Lipinski definition) is 2. The van der Waals surface area contributed by atoms with Gasteiger partial charge in [0.05, 0.1) is 11.9 Å². The Labute approximate surface area is 108 Å². The molecule has 1 saturated heterocycles. The van der Waals surface area contributed by atoms with Crippen molar-refractivity contribution < 1.29 is 8.42 Å². The van der Waals surface area contributed by atoms with Crippen LogP contribution in [0.2, 0.25) is 0 Å². The van der Waals surface area contributed by atoms with E-state index in [9.17, 15) is 8.42 Å². The van der Waals surface area contributed by atoms with Gasteiger partial charge in [-0.1, -0.05) is 0 Å². The number of nitrogens with one attached hydrogen (secondary N) is 2. The fourth-order valence-electron chi connectivity index (χ4n) is 2.05. The van der Waals surface area contributed by atoms with E-state index < -0.39 is 9.84 Å². The molecule has 0 aromatic carbocycles. The molecule has 2 heterocycles. The van der Waals surface area contributed by atoms with E-state index in [-0.39, 0.29) is 5.03 Å². The summed E-state index contributed by atoms with van der Waals surface area (Å²) in [5, 5.41) is 6.76. The second-order valence-corrected chi connectivity index (χ2v) is 6.69. The SMILES string of the molecule is CS(=O)(=O)c1ccc(NCC2CCNCC2)cn1. The van der Waals surface area contributed by atoms with E-state index in [1.54, 1.807) is 18.3 Å². The van der Waals surface area contributed by atoms with Crippen molar-refractivity contribution in [3.05, 3.63) is 18.3 Å². The maximum atomic E-state index is 11.3. The fraction of sp³-hybridized carbons (Fsp3) is 0.583. The quantitative estimate of drug-likeness (QED) is 0.849. The van der Waals surface area contributed by atoms with Gasteiger partial charge >= 0.3 is 0 Å². The molecule has 0 atom stereocenters. The van der Waals surface area contributed by atoms with Crippen molar-refractivity contribution in [3.8, 4) is 0 Å². The number of pyridine rings is 1. The molecule has 1 aliphatic heterocycles. The number of aromatic nitrogens is 1. The molecular weight excluding hydrogens is 250 g/mol. The first-order valence-electron chi connectivity index (χ1n) is 6.16. The van der Waals surface area contributed by atoms with Crippen molar-refractivity contribution in [2.45, 2.75) is 17.9 Å². The molecule has 1 aromatic rings. The molecule has 0 amide bonds. The summed E-state index contributed by atoms with van der Waals surface area (Å²) >= 11 is 0. The topological polar surface area (TPSA) is 71.1 Å². The molecule has 2 N–H and O–H groups in total. The van der Waals surface area contributed by atoms with Crippen LogP contribution >= 0.6 is 0 Å². The highest BCUT2D eigenvalue weighted by atomic mass is 32.2. The third kappa shape index (κ3) is 3.68. The molecule has 0 bridgehead atoms. The molecule has 18 heavy (non-hydrogen) atoms. The lowest BCUT2D eigenvalue weighted by atomic mass is 9.98. The summed E-state index contributed by atoms with van der Waals surface area (Å²) in [6.07, 6.45) is 5.11. The summed E-state index contributed by atoms with van der Waals surface area (Å²) in [4.78, 5) is 3.95. The van der Waals surface area contributed by atoms with Crippen LogP contribution in [0.5, 0.6) is 0 Å².